The van der Waals surface area contributed by atoms with Crippen LogP contribution in [0.3, 0.4) is 0 Å². The molecule has 0 saturated carbocycles. The molecular weight excluding hydrogens is 128 g/mol. The molecule has 1 aliphatic rings. The van der Waals surface area contributed by atoms with Crippen molar-refractivity contribution in [2.24, 2.45) is 0 Å². The molecule has 0 unspecified atom stereocenters. The van der Waals surface area contributed by atoms with Gasteiger partial charge in [-0.2, -0.15) is 5.10 Å². The monoisotopic (exact) mass is 138 g/mol. The molecule has 1 heterocycles. The van der Waals surface area contributed by atoms with Gasteiger partial charge in [0, 0.05) is 5.69 Å². The minimum absolute atomic E-state index is 0.0752. The van der Waals surface area contributed by atoms with Crippen LogP contribution in [-0.2, 0) is 19.4 Å². The number of aliphatic hydroxyl groups is 1. The molecule has 0 saturated heterocycles. The van der Waals surface area contributed by atoms with Crippen LogP contribution in [0.2, 0.25) is 0 Å². The number of aromatic nitrogens is 2. The summed E-state index contributed by atoms with van der Waals surface area (Å²) < 4.78 is 0. The molecule has 1 aliphatic carbocycles. The van der Waals surface area contributed by atoms with E-state index in [2.05, 4.69) is 10.2 Å². The molecule has 0 spiro atoms. The summed E-state index contributed by atoms with van der Waals surface area (Å²) in [4.78, 5) is 0. The normalized spacial score (nSPS) is 15.7. The summed E-state index contributed by atoms with van der Waals surface area (Å²) in [5.74, 6) is 0. The fourth-order valence-corrected chi connectivity index (χ4v) is 1.52. The van der Waals surface area contributed by atoms with E-state index in [0.29, 0.717) is 0 Å². The second-order valence-corrected chi connectivity index (χ2v) is 2.64. The molecule has 0 radical (unpaired) electrons. The number of aromatic amines is 1. The van der Waals surface area contributed by atoms with Gasteiger partial charge in [-0.15, -0.1) is 0 Å². The third kappa shape index (κ3) is 0.671. The van der Waals surface area contributed by atoms with Crippen molar-refractivity contribution in [3.63, 3.8) is 0 Å². The highest BCUT2D eigenvalue weighted by molar-refractivity contribution is 5.28. The summed E-state index contributed by atoms with van der Waals surface area (Å²) in [5, 5.41) is 15.7. The predicted octanol–water partition coefficient (Wildman–Crippen LogP) is 0.391. The average molecular weight is 138 g/mol. The predicted molar refractivity (Wildman–Crippen MR) is 36.5 cm³/mol. The smallest absolute Gasteiger partial charge is 0.0911 e. The maximum atomic E-state index is 8.81. The number of hydrogen-bond acceptors (Lipinski definition) is 2. The van der Waals surface area contributed by atoms with Crippen LogP contribution in [0.25, 0.3) is 0 Å². The number of aliphatic hydroxyl groups excluding tert-OH is 1. The van der Waals surface area contributed by atoms with Gasteiger partial charge in [0.15, 0.2) is 0 Å². The first-order valence-corrected chi connectivity index (χ1v) is 3.57. The van der Waals surface area contributed by atoms with Crippen molar-refractivity contribution in [1.82, 2.24) is 10.2 Å². The largest absolute Gasteiger partial charge is 0.390 e. The Bertz CT molecular complexity index is 242. The number of aryl methyl sites for hydroxylation is 1. The molecule has 0 bridgehead atoms. The topological polar surface area (TPSA) is 48.9 Å². The highest BCUT2D eigenvalue weighted by Crippen LogP contribution is 2.22. The minimum Gasteiger partial charge on any atom is -0.390 e. The van der Waals surface area contributed by atoms with Gasteiger partial charge < -0.3 is 5.11 Å². The van der Waals surface area contributed by atoms with Gasteiger partial charge in [-0.25, -0.2) is 0 Å². The SMILES string of the molecule is OCc1n[nH]c2c1CCC2. The third-order valence-electron chi connectivity index (χ3n) is 2.04. The number of H-pyrrole nitrogens is 1. The molecule has 1 aromatic heterocycles. The van der Waals surface area contributed by atoms with Gasteiger partial charge in [0.2, 0.25) is 0 Å². The average Bonchev–Trinajstić information content (AvgIpc) is 2.44. The lowest BCUT2D eigenvalue weighted by atomic mass is 10.2. The van der Waals surface area contributed by atoms with E-state index >= 15 is 0 Å². The quantitative estimate of drug-likeness (QED) is 0.589. The number of rotatable bonds is 1. The van der Waals surface area contributed by atoms with Crippen molar-refractivity contribution in [2.45, 2.75) is 25.9 Å². The van der Waals surface area contributed by atoms with Crippen molar-refractivity contribution >= 4 is 0 Å². The van der Waals surface area contributed by atoms with E-state index in [4.69, 9.17) is 5.11 Å². The van der Waals surface area contributed by atoms with Crippen LogP contribution >= 0.6 is 0 Å². The fraction of sp³-hybridized carbons (Fsp3) is 0.571. The van der Waals surface area contributed by atoms with E-state index in [9.17, 15) is 0 Å². The van der Waals surface area contributed by atoms with Crippen LogP contribution in [0.5, 0.6) is 0 Å². The van der Waals surface area contributed by atoms with Gasteiger partial charge in [-0.3, -0.25) is 5.10 Å². The zero-order valence-electron chi connectivity index (χ0n) is 5.72. The van der Waals surface area contributed by atoms with E-state index in [-0.39, 0.29) is 6.61 Å². The van der Waals surface area contributed by atoms with Crippen molar-refractivity contribution in [1.29, 1.82) is 0 Å². The zero-order chi connectivity index (χ0) is 6.97. The molecule has 3 heteroatoms. The van der Waals surface area contributed by atoms with Crippen molar-refractivity contribution in [3.8, 4) is 0 Å². The number of nitrogens with one attached hydrogen (secondary N) is 1. The zero-order valence-corrected chi connectivity index (χ0v) is 5.72. The van der Waals surface area contributed by atoms with Crippen LogP contribution in [-0.4, -0.2) is 15.3 Å². The minimum atomic E-state index is 0.0752. The Morgan fingerprint density at radius 3 is 3.20 bits per heavy atom. The summed E-state index contributed by atoms with van der Waals surface area (Å²) >= 11 is 0. The lowest BCUT2D eigenvalue weighted by Crippen LogP contribution is -1.88. The highest BCUT2D eigenvalue weighted by atomic mass is 16.3. The Hall–Kier alpha value is -0.830. The van der Waals surface area contributed by atoms with Crippen LogP contribution < -0.4 is 0 Å². The van der Waals surface area contributed by atoms with Crippen molar-refractivity contribution in [3.05, 3.63) is 17.0 Å². The van der Waals surface area contributed by atoms with Crippen LogP contribution in [0.4, 0.5) is 0 Å². The Morgan fingerprint density at radius 2 is 2.40 bits per heavy atom. The van der Waals surface area contributed by atoms with Gasteiger partial charge in [-0.1, -0.05) is 0 Å². The second kappa shape index (κ2) is 2.09. The Kier molecular flexibility index (Phi) is 1.24. The van der Waals surface area contributed by atoms with E-state index in [0.717, 1.165) is 18.5 Å². The van der Waals surface area contributed by atoms with Crippen molar-refractivity contribution in [2.75, 3.05) is 0 Å². The summed E-state index contributed by atoms with van der Waals surface area (Å²) in [7, 11) is 0. The van der Waals surface area contributed by atoms with E-state index in [1.807, 2.05) is 0 Å². The molecule has 2 N–H and O–H groups in total. The lowest BCUT2D eigenvalue weighted by Gasteiger charge is -1.89. The molecule has 0 aliphatic heterocycles. The maximum Gasteiger partial charge on any atom is 0.0911 e. The van der Waals surface area contributed by atoms with E-state index in [1.165, 1.54) is 17.7 Å². The van der Waals surface area contributed by atoms with Crippen LogP contribution in [0.1, 0.15) is 23.4 Å². The van der Waals surface area contributed by atoms with E-state index < -0.39 is 0 Å². The molecule has 1 aromatic rings. The summed E-state index contributed by atoms with van der Waals surface area (Å²) in [6.45, 7) is 0.0752. The highest BCUT2D eigenvalue weighted by Gasteiger charge is 2.16. The standard InChI is InChI=1S/C7H10N2O/c10-4-7-5-2-1-3-6(5)8-9-7/h10H,1-4H2,(H,8,9). The number of fused-ring (bicyclic) bond motifs is 1. The summed E-state index contributed by atoms with van der Waals surface area (Å²) in [6, 6.07) is 0. The molecule has 0 aromatic carbocycles. The maximum absolute atomic E-state index is 8.81. The molecule has 0 atom stereocenters. The van der Waals surface area contributed by atoms with Gasteiger partial charge in [0.1, 0.15) is 0 Å². The third-order valence-corrected chi connectivity index (χ3v) is 2.04. The first kappa shape index (κ1) is 5.92. The molecule has 10 heavy (non-hydrogen) atoms. The van der Waals surface area contributed by atoms with Crippen LogP contribution in [0, 0.1) is 0 Å². The lowest BCUT2D eigenvalue weighted by molar-refractivity contribution is 0.275. The van der Waals surface area contributed by atoms with E-state index in [1.54, 1.807) is 0 Å². The van der Waals surface area contributed by atoms with Gasteiger partial charge in [0.25, 0.3) is 0 Å². The Labute approximate surface area is 59.1 Å². The van der Waals surface area contributed by atoms with Gasteiger partial charge in [0.05, 0.1) is 12.3 Å². The number of hydrogen-bond donors (Lipinski definition) is 2. The Morgan fingerprint density at radius 1 is 1.50 bits per heavy atom. The van der Waals surface area contributed by atoms with Crippen molar-refractivity contribution < 1.29 is 5.11 Å². The number of nitrogens with zero attached hydrogens (tertiary/aromatic N) is 1. The fourth-order valence-electron chi connectivity index (χ4n) is 1.52. The molecule has 54 valence electrons. The molecule has 2 rings (SSSR count). The summed E-state index contributed by atoms with van der Waals surface area (Å²) in [6.07, 6.45) is 3.39. The molecular formula is C7H10N2O. The summed E-state index contributed by atoms with van der Waals surface area (Å²) in [5.41, 5.74) is 3.32. The second-order valence-electron chi connectivity index (χ2n) is 2.64. The van der Waals surface area contributed by atoms with Gasteiger partial charge >= 0.3 is 0 Å². The molecule has 0 fully saturated rings. The molecule has 3 nitrogen and oxygen atoms in total. The first-order valence-electron chi connectivity index (χ1n) is 3.57. The van der Waals surface area contributed by atoms with Crippen LogP contribution in [0.15, 0.2) is 0 Å². The molecule has 0 amide bonds. The van der Waals surface area contributed by atoms with Gasteiger partial charge in [-0.05, 0) is 24.8 Å². The first-order chi connectivity index (χ1) is 4.92. The Balaban J connectivity index is 2.44.